The molecule has 0 saturated carbocycles. The van der Waals surface area contributed by atoms with E-state index in [9.17, 15) is 0 Å². The number of unbranched alkanes of at least 4 members (excludes halogenated alkanes) is 60. The SMILES string of the molecule is CCCCCCCC[P+](CCCCCCCC)(CCCCCCCC)CCCCCCCC.CCCCCCCC[P+](CCCCCCCC)(CCCCCCCC)CCCCCCCC.CCCCCCCC[P+](CCCCCCCC)(CCCCCCCC)CCCCCCCC.O=C([O-])C(=O)[O-].[Br-]. The highest BCUT2D eigenvalue weighted by atomic mass is 79.9. The van der Waals surface area contributed by atoms with Gasteiger partial charge in [0, 0.05) is 21.8 Å². The third-order valence-electron chi connectivity index (χ3n) is 24.0. The summed E-state index contributed by atoms with van der Waals surface area (Å²) < 4.78 is 0. The summed E-state index contributed by atoms with van der Waals surface area (Å²) in [5.74, 6) is -4.37. The molecule has 0 rings (SSSR count). The Morgan fingerprint density at radius 3 is 0.274 bits per heavy atom. The fourth-order valence-corrected chi connectivity index (χ4v) is 31.5. The lowest BCUT2D eigenvalue weighted by atomic mass is 10.1. The Morgan fingerprint density at radius 2 is 0.208 bits per heavy atom. The molecule has 0 bridgehead atoms. The lowest BCUT2D eigenvalue weighted by Gasteiger charge is -2.28. The molecule has 0 heterocycles. The van der Waals surface area contributed by atoms with Crippen molar-refractivity contribution in [3.8, 4) is 0 Å². The van der Waals surface area contributed by atoms with Gasteiger partial charge in [-0.1, -0.05) is 391 Å². The second-order valence-electron chi connectivity index (χ2n) is 34.5. The third kappa shape index (κ3) is 88.7. The van der Waals surface area contributed by atoms with E-state index in [1.54, 1.807) is 151 Å². The van der Waals surface area contributed by atoms with Gasteiger partial charge in [-0.2, -0.15) is 0 Å². The van der Waals surface area contributed by atoms with Crippen molar-refractivity contribution >= 4 is 33.7 Å². The fourth-order valence-electron chi connectivity index (χ4n) is 16.7. The maximum atomic E-state index is 8.93. The highest BCUT2D eigenvalue weighted by Crippen LogP contribution is 2.64. The van der Waals surface area contributed by atoms with Crippen LogP contribution in [0.2, 0.25) is 0 Å². The quantitative estimate of drug-likeness (QED) is 0.0345. The standard InChI is InChI=1S/3C32H68P.C2H2O4.BrH/c3*1-5-9-13-17-21-25-29-33(30-26-22-18-14-10-6-2,31-27-23-19-15-11-7-3)32-28-24-20-16-12-8-4;3-1(4)2(5)6;/h3*5-32H2,1-4H3;(H,3,4)(H,5,6);1H/q3*+1;;/p-3. The summed E-state index contributed by atoms with van der Waals surface area (Å²) in [6.45, 7) is 28.1. The summed E-state index contributed by atoms with van der Waals surface area (Å²) in [6.07, 6.45) is 126. The number of carboxylic acid groups (broad SMARTS) is 2. The summed E-state index contributed by atoms with van der Waals surface area (Å²) in [5, 5.41) is 17.9. The molecule has 642 valence electrons. The van der Waals surface area contributed by atoms with Crippen LogP contribution < -0.4 is 27.2 Å². The normalized spacial score (nSPS) is 11.6. The first-order valence-corrected chi connectivity index (χ1v) is 56.9. The minimum Gasteiger partial charge on any atom is -1.00 e. The van der Waals surface area contributed by atoms with Gasteiger partial charge in [-0.25, -0.2) is 0 Å². The first-order chi connectivity index (χ1) is 51.4. The van der Waals surface area contributed by atoms with Gasteiger partial charge in [0.1, 0.15) is 0 Å². The van der Waals surface area contributed by atoms with Crippen molar-refractivity contribution in [3.05, 3.63) is 0 Å². The van der Waals surface area contributed by atoms with Gasteiger partial charge in [0.25, 0.3) is 0 Å². The number of hydrogen-bond donors (Lipinski definition) is 0. The molecule has 0 amide bonds. The molecule has 4 nitrogen and oxygen atoms in total. The van der Waals surface area contributed by atoms with Crippen molar-refractivity contribution in [2.45, 2.75) is 545 Å². The molecule has 0 unspecified atom stereocenters. The summed E-state index contributed by atoms with van der Waals surface area (Å²) in [5.41, 5.74) is 0. The number of carbonyl (C=O) groups excluding carboxylic acids is 2. The van der Waals surface area contributed by atoms with Crippen LogP contribution in [0.1, 0.15) is 545 Å². The van der Waals surface area contributed by atoms with Crippen molar-refractivity contribution < 1.29 is 36.8 Å². The summed E-state index contributed by atoms with van der Waals surface area (Å²) in [7, 11) is -2.16. The van der Waals surface area contributed by atoms with Crippen LogP contribution in [-0.2, 0) is 9.59 Å². The van der Waals surface area contributed by atoms with Gasteiger partial charge in [-0.05, 0) is 154 Å². The van der Waals surface area contributed by atoms with E-state index in [1.807, 2.05) is 0 Å². The zero-order valence-corrected chi connectivity index (χ0v) is 80.0. The predicted octanol–water partition coefficient (Wildman–Crippen LogP) is 30.8. The third-order valence-corrected chi connectivity index (χ3v) is 39.2. The summed E-state index contributed by atoms with van der Waals surface area (Å²) >= 11 is 0. The second-order valence-corrected chi connectivity index (χ2v) is 47.9. The van der Waals surface area contributed by atoms with Crippen molar-refractivity contribution in [3.63, 3.8) is 0 Å². The monoisotopic (exact) mass is 1620 g/mol. The van der Waals surface area contributed by atoms with Crippen LogP contribution in [-0.4, -0.2) is 85.9 Å². The maximum Gasteiger partial charge on any atom is 0.0870 e. The van der Waals surface area contributed by atoms with Gasteiger partial charge in [-0.15, -0.1) is 0 Å². The van der Waals surface area contributed by atoms with Gasteiger partial charge in [0.15, 0.2) is 0 Å². The predicted molar refractivity (Wildman–Crippen MR) is 490 cm³/mol. The first kappa shape index (κ1) is 115. The van der Waals surface area contributed by atoms with Gasteiger partial charge >= 0.3 is 0 Å². The highest BCUT2D eigenvalue weighted by Gasteiger charge is 2.37. The first-order valence-electron chi connectivity index (χ1n) is 49.3. The van der Waals surface area contributed by atoms with E-state index in [2.05, 4.69) is 83.1 Å². The second kappa shape index (κ2) is 98.1. The number of hydrogen-bond acceptors (Lipinski definition) is 4. The van der Waals surface area contributed by atoms with Gasteiger partial charge in [0.2, 0.25) is 0 Å². The van der Waals surface area contributed by atoms with Crippen molar-refractivity contribution in [2.24, 2.45) is 0 Å². The number of carbonyl (C=O) groups is 2. The van der Waals surface area contributed by atoms with E-state index in [1.165, 1.54) is 385 Å². The zero-order valence-electron chi connectivity index (χ0n) is 75.7. The number of halogens is 1. The molecule has 0 saturated heterocycles. The van der Waals surface area contributed by atoms with E-state index in [0.29, 0.717) is 0 Å². The van der Waals surface area contributed by atoms with Crippen molar-refractivity contribution in [2.75, 3.05) is 73.9 Å². The van der Waals surface area contributed by atoms with Gasteiger partial charge < -0.3 is 36.8 Å². The van der Waals surface area contributed by atoms with E-state index in [0.717, 1.165) is 0 Å². The minimum atomic E-state index is -2.19. The molecule has 8 heteroatoms. The Balaban J connectivity index is -0.000000460. The van der Waals surface area contributed by atoms with Crippen LogP contribution in [0.3, 0.4) is 0 Å². The molecule has 0 N–H and O–H groups in total. The van der Waals surface area contributed by atoms with E-state index < -0.39 is 33.7 Å². The molecule has 0 aliphatic carbocycles. The van der Waals surface area contributed by atoms with Crippen molar-refractivity contribution in [1.29, 1.82) is 0 Å². The molecule has 0 fully saturated rings. The summed E-state index contributed by atoms with van der Waals surface area (Å²) in [4.78, 5) is 17.9. The van der Waals surface area contributed by atoms with Crippen LogP contribution in [0.15, 0.2) is 0 Å². The van der Waals surface area contributed by atoms with E-state index in [-0.39, 0.29) is 17.0 Å². The van der Waals surface area contributed by atoms with Gasteiger partial charge in [0.05, 0.1) is 85.9 Å². The topological polar surface area (TPSA) is 80.3 Å². The average Bonchev–Trinajstić information content (AvgIpc) is 0.887. The number of aliphatic carboxylic acids is 2. The molecule has 0 atom stereocenters. The van der Waals surface area contributed by atoms with E-state index >= 15 is 0 Å². The molecule has 0 aromatic rings. The smallest absolute Gasteiger partial charge is 0.0870 e. The molecule has 0 aliphatic rings. The fraction of sp³-hybridized carbons (Fsp3) is 0.980. The largest absolute Gasteiger partial charge is 1.00 e. The molecule has 0 radical (unpaired) electrons. The molecule has 106 heavy (non-hydrogen) atoms. The van der Waals surface area contributed by atoms with Crippen LogP contribution in [0.25, 0.3) is 0 Å². The Kier molecular flexibility index (Phi) is 107. The molecule has 0 spiro atoms. The molecular formula is C98H204BrO4P3. The molecular weight excluding hydrogens is 1410 g/mol. The zero-order chi connectivity index (χ0) is 78.1. The average molecular weight is 1620 g/mol. The van der Waals surface area contributed by atoms with E-state index in [4.69, 9.17) is 19.8 Å². The number of rotatable bonds is 84. The maximum absolute atomic E-state index is 8.93. The minimum absolute atomic E-state index is 0. The summed E-state index contributed by atoms with van der Waals surface area (Å²) in [6, 6.07) is 0. The lowest BCUT2D eigenvalue weighted by Crippen LogP contribution is -3.00. The Labute approximate surface area is 685 Å². The Bertz CT molecular complexity index is 1210. The van der Waals surface area contributed by atoms with Gasteiger partial charge in [-0.3, -0.25) is 0 Å². The molecule has 0 aromatic heterocycles. The molecule has 0 aromatic carbocycles. The van der Waals surface area contributed by atoms with Crippen LogP contribution in [0, 0.1) is 0 Å². The number of carboxylic acids is 2. The Hall–Kier alpha value is 0.710. The van der Waals surface area contributed by atoms with Crippen LogP contribution in [0.5, 0.6) is 0 Å². The van der Waals surface area contributed by atoms with Crippen molar-refractivity contribution in [1.82, 2.24) is 0 Å². The molecule has 0 aliphatic heterocycles. The highest BCUT2D eigenvalue weighted by molar-refractivity contribution is 7.76. The Morgan fingerprint density at radius 1 is 0.142 bits per heavy atom. The lowest BCUT2D eigenvalue weighted by molar-refractivity contribution is -0.345. The van der Waals surface area contributed by atoms with Crippen LogP contribution >= 0.6 is 21.8 Å². The van der Waals surface area contributed by atoms with Crippen LogP contribution in [0.4, 0.5) is 0 Å².